The molecular weight excluding hydrogens is 400 g/mol. The predicted molar refractivity (Wildman–Crippen MR) is 108 cm³/mol. The van der Waals surface area contributed by atoms with Crippen molar-refractivity contribution in [1.82, 2.24) is 19.8 Å². The molecule has 1 N–H and O–H groups in total. The second-order valence-electron chi connectivity index (χ2n) is 6.40. The first-order valence-corrected chi connectivity index (χ1v) is 10.5. The molecular formula is C19H19ClN4O3S. The number of hydrogen-bond donors (Lipinski definition) is 1. The maximum Gasteiger partial charge on any atom is 0.245 e. The van der Waals surface area contributed by atoms with Gasteiger partial charge in [-0.15, -0.1) is 0 Å². The van der Waals surface area contributed by atoms with Crippen LogP contribution in [0.15, 0.2) is 58.7 Å². The standard InChI is InChI=1S/C19H19ClN4O3S/c1-13(2)17(19-22-18(23-27-19)15-7-10-21-11-8-15)24-28(25,26)12-9-14-5-3-4-6-16(14)20/h3-13,17,24H,1-2H3/b12-9+. The number of nitrogens with zero attached hydrogens (tertiary/aromatic N) is 3. The summed E-state index contributed by atoms with van der Waals surface area (Å²) in [5.74, 6) is 0.444. The minimum Gasteiger partial charge on any atom is -0.337 e. The van der Waals surface area contributed by atoms with Crippen molar-refractivity contribution in [2.45, 2.75) is 19.9 Å². The fourth-order valence-corrected chi connectivity index (χ4v) is 3.77. The number of hydrogen-bond acceptors (Lipinski definition) is 6. The summed E-state index contributed by atoms with van der Waals surface area (Å²) in [5.41, 5.74) is 1.34. The Hall–Kier alpha value is -2.55. The Kier molecular flexibility index (Phi) is 6.23. The molecule has 0 fully saturated rings. The van der Waals surface area contributed by atoms with E-state index in [2.05, 4.69) is 19.8 Å². The third-order valence-corrected chi connectivity index (χ3v) is 5.36. The van der Waals surface area contributed by atoms with Crippen LogP contribution in [0.3, 0.4) is 0 Å². The maximum absolute atomic E-state index is 12.5. The molecule has 0 radical (unpaired) electrons. The molecule has 0 spiro atoms. The second-order valence-corrected chi connectivity index (χ2v) is 8.41. The van der Waals surface area contributed by atoms with Gasteiger partial charge in [0.25, 0.3) is 0 Å². The Bertz CT molecular complexity index is 1070. The predicted octanol–water partition coefficient (Wildman–Crippen LogP) is 4.07. The number of aromatic nitrogens is 3. The summed E-state index contributed by atoms with van der Waals surface area (Å²) in [5, 5.41) is 5.48. The third-order valence-electron chi connectivity index (χ3n) is 3.94. The lowest BCUT2D eigenvalue weighted by atomic mass is 10.1. The van der Waals surface area contributed by atoms with Gasteiger partial charge < -0.3 is 4.52 Å². The summed E-state index contributed by atoms with van der Waals surface area (Å²) >= 11 is 6.06. The van der Waals surface area contributed by atoms with Crippen molar-refractivity contribution in [1.29, 1.82) is 0 Å². The molecule has 0 saturated carbocycles. The van der Waals surface area contributed by atoms with Gasteiger partial charge in [0, 0.05) is 28.4 Å². The summed E-state index contributed by atoms with van der Waals surface area (Å²) < 4.78 is 33.0. The lowest BCUT2D eigenvalue weighted by Gasteiger charge is -2.17. The van der Waals surface area contributed by atoms with Gasteiger partial charge in [-0.25, -0.2) is 8.42 Å². The molecule has 2 aromatic heterocycles. The zero-order valence-electron chi connectivity index (χ0n) is 15.3. The van der Waals surface area contributed by atoms with Gasteiger partial charge in [-0.2, -0.15) is 9.71 Å². The molecule has 0 amide bonds. The van der Waals surface area contributed by atoms with Crippen LogP contribution in [0.2, 0.25) is 5.02 Å². The summed E-state index contributed by atoms with van der Waals surface area (Å²) in [6, 6.07) is 9.79. The van der Waals surface area contributed by atoms with Crippen LogP contribution in [0.4, 0.5) is 0 Å². The first-order valence-electron chi connectivity index (χ1n) is 8.54. The van der Waals surface area contributed by atoms with Crippen molar-refractivity contribution in [3.05, 3.63) is 70.7 Å². The zero-order chi connectivity index (χ0) is 20.1. The van der Waals surface area contributed by atoms with Crippen molar-refractivity contribution in [3.63, 3.8) is 0 Å². The van der Waals surface area contributed by atoms with E-state index in [1.165, 1.54) is 6.08 Å². The largest absolute Gasteiger partial charge is 0.337 e. The lowest BCUT2D eigenvalue weighted by Crippen LogP contribution is -2.30. The van der Waals surface area contributed by atoms with E-state index in [0.717, 1.165) is 11.0 Å². The molecule has 1 unspecified atom stereocenters. The van der Waals surface area contributed by atoms with E-state index in [1.807, 2.05) is 13.8 Å². The molecule has 0 aliphatic heterocycles. The molecule has 7 nitrogen and oxygen atoms in total. The summed E-state index contributed by atoms with van der Waals surface area (Å²) in [6.07, 6.45) is 4.68. The van der Waals surface area contributed by atoms with E-state index in [9.17, 15) is 8.42 Å². The van der Waals surface area contributed by atoms with Crippen molar-refractivity contribution >= 4 is 27.7 Å². The van der Waals surface area contributed by atoms with E-state index in [4.69, 9.17) is 16.1 Å². The number of sulfonamides is 1. The van der Waals surface area contributed by atoms with Gasteiger partial charge in [0.15, 0.2) is 0 Å². The van der Waals surface area contributed by atoms with Gasteiger partial charge in [-0.1, -0.05) is 48.8 Å². The Morgan fingerprint density at radius 3 is 2.54 bits per heavy atom. The molecule has 146 valence electrons. The van der Waals surface area contributed by atoms with Gasteiger partial charge in [-0.3, -0.25) is 4.98 Å². The number of pyridine rings is 1. The molecule has 0 bridgehead atoms. The van der Waals surface area contributed by atoms with E-state index in [-0.39, 0.29) is 11.8 Å². The first kappa shape index (κ1) is 20.2. The monoisotopic (exact) mass is 418 g/mol. The average Bonchev–Trinajstić information content (AvgIpc) is 3.16. The molecule has 3 aromatic rings. The van der Waals surface area contributed by atoms with Crippen LogP contribution in [0, 0.1) is 5.92 Å². The quantitative estimate of drug-likeness (QED) is 0.621. The SMILES string of the molecule is CC(C)C(NS(=O)(=O)/C=C/c1ccccc1Cl)c1nc(-c2ccncc2)no1. The van der Waals surface area contributed by atoms with Gasteiger partial charge in [0.1, 0.15) is 6.04 Å². The smallest absolute Gasteiger partial charge is 0.245 e. The highest BCUT2D eigenvalue weighted by Crippen LogP contribution is 2.24. The first-order chi connectivity index (χ1) is 13.4. The topological polar surface area (TPSA) is 98.0 Å². The lowest BCUT2D eigenvalue weighted by molar-refractivity contribution is 0.312. The Balaban J connectivity index is 1.81. The highest BCUT2D eigenvalue weighted by atomic mass is 35.5. The Morgan fingerprint density at radius 2 is 1.86 bits per heavy atom. The van der Waals surface area contributed by atoms with Crippen molar-refractivity contribution in [2.75, 3.05) is 0 Å². The molecule has 0 aliphatic rings. The summed E-state index contributed by atoms with van der Waals surface area (Å²) in [7, 11) is -3.77. The zero-order valence-corrected chi connectivity index (χ0v) is 16.9. The van der Waals surface area contributed by atoms with E-state index in [0.29, 0.717) is 16.4 Å². The van der Waals surface area contributed by atoms with E-state index >= 15 is 0 Å². The van der Waals surface area contributed by atoms with E-state index < -0.39 is 16.1 Å². The van der Waals surface area contributed by atoms with E-state index in [1.54, 1.807) is 48.8 Å². The summed E-state index contributed by atoms with van der Waals surface area (Å²) in [4.78, 5) is 8.29. The molecule has 1 atom stereocenters. The minimum atomic E-state index is -3.77. The fourth-order valence-electron chi connectivity index (χ4n) is 2.44. The molecule has 0 aliphatic carbocycles. The number of rotatable bonds is 7. The molecule has 3 rings (SSSR count). The van der Waals surface area contributed by atoms with Crippen LogP contribution in [0.5, 0.6) is 0 Å². The average molecular weight is 419 g/mol. The third kappa shape index (κ3) is 5.03. The Labute approximate surface area is 168 Å². The summed E-state index contributed by atoms with van der Waals surface area (Å²) in [6.45, 7) is 3.72. The molecule has 2 heterocycles. The molecule has 1 aromatic carbocycles. The second kappa shape index (κ2) is 8.64. The highest BCUT2D eigenvalue weighted by molar-refractivity contribution is 7.92. The van der Waals surface area contributed by atoms with Gasteiger partial charge in [0.05, 0.1) is 0 Å². The van der Waals surface area contributed by atoms with Crippen LogP contribution in [0.1, 0.15) is 31.3 Å². The number of nitrogens with one attached hydrogen (secondary N) is 1. The van der Waals surface area contributed by atoms with Crippen molar-refractivity contribution in [3.8, 4) is 11.4 Å². The van der Waals surface area contributed by atoms with Gasteiger partial charge in [0.2, 0.25) is 21.7 Å². The van der Waals surface area contributed by atoms with Gasteiger partial charge >= 0.3 is 0 Å². The number of halogens is 1. The fraction of sp³-hybridized carbons (Fsp3) is 0.211. The van der Waals surface area contributed by atoms with Crippen molar-refractivity contribution in [2.24, 2.45) is 5.92 Å². The van der Waals surface area contributed by atoms with Crippen LogP contribution in [0.25, 0.3) is 17.5 Å². The molecule has 0 saturated heterocycles. The van der Waals surface area contributed by atoms with Crippen molar-refractivity contribution < 1.29 is 12.9 Å². The maximum atomic E-state index is 12.5. The number of benzene rings is 1. The van der Waals surface area contributed by atoms with Crippen LogP contribution in [-0.2, 0) is 10.0 Å². The highest BCUT2D eigenvalue weighted by Gasteiger charge is 2.26. The van der Waals surface area contributed by atoms with Gasteiger partial charge in [-0.05, 0) is 35.8 Å². The van der Waals surface area contributed by atoms with Crippen LogP contribution < -0.4 is 4.72 Å². The normalized spacial score (nSPS) is 13.3. The molecule has 9 heteroatoms. The molecule has 28 heavy (non-hydrogen) atoms. The van der Waals surface area contributed by atoms with Crippen LogP contribution in [-0.4, -0.2) is 23.5 Å². The minimum absolute atomic E-state index is 0.116. The van der Waals surface area contributed by atoms with Crippen LogP contribution >= 0.6 is 11.6 Å². The Morgan fingerprint density at radius 1 is 1.14 bits per heavy atom.